The molecule has 0 aliphatic carbocycles. The van der Waals surface area contributed by atoms with Crippen LogP contribution in [0.25, 0.3) is 0 Å². The summed E-state index contributed by atoms with van der Waals surface area (Å²) >= 11 is 0. The molecule has 0 bridgehead atoms. The second kappa shape index (κ2) is 4.45. The first kappa shape index (κ1) is 11.5. The number of pyridine rings is 1. The molecule has 2 aromatic rings. The van der Waals surface area contributed by atoms with Crippen LogP contribution in [-0.4, -0.2) is 4.57 Å². The molecule has 0 aliphatic rings. The molecule has 0 spiro atoms. The Balaban J connectivity index is 2.35. The summed E-state index contributed by atoms with van der Waals surface area (Å²) in [6.45, 7) is 4.06. The molecule has 0 saturated heterocycles. The molecule has 0 saturated carbocycles. The highest BCUT2D eigenvalue weighted by atomic mass is 16.5. The largest absolute Gasteiger partial charge is 0.452 e. The van der Waals surface area contributed by atoms with E-state index >= 15 is 0 Å². The Kier molecular flexibility index (Phi) is 3.00. The summed E-state index contributed by atoms with van der Waals surface area (Å²) in [4.78, 5) is 11.8. The number of rotatable bonds is 2. The van der Waals surface area contributed by atoms with Gasteiger partial charge in [0, 0.05) is 13.2 Å². The Morgan fingerprint density at radius 3 is 2.59 bits per heavy atom. The summed E-state index contributed by atoms with van der Waals surface area (Å²) < 4.78 is 7.09. The monoisotopic (exact) mass is 229 g/mol. The number of nitrogens with zero attached hydrogens (tertiary/aromatic N) is 1. The topological polar surface area (TPSA) is 31.2 Å². The molecular weight excluding hydrogens is 214 g/mol. The van der Waals surface area contributed by atoms with Crippen molar-refractivity contribution < 1.29 is 4.74 Å². The quantitative estimate of drug-likeness (QED) is 0.793. The zero-order valence-corrected chi connectivity index (χ0v) is 10.2. The average molecular weight is 229 g/mol. The van der Waals surface area contributed by atoms with Crippen LogP contribution in [0.2, 0.25) is 0 Å². The average Bonchev–Trinajstić information content (AvgIpc) is 2.30. The van der Waals surface area contributed by atoms with Crippen LogP contribution in [0, 0.1) is 13.8 Å². The van der Waals surface area contributed by atoms with Gasteiger partial charge in [-0.15, -0.1) is 0 Å². The third-order valence-corrected chi connectivity index (χ3v) is 2.79. The Bertz CT molecular complexity index is 599. The summed E-state index contributed by atoms with van der Waals surface area (Å²) in [7, 11) is 1.70. The number of benzene rings is 1. The zero-order valence-electron chi connectivity index (χ0n) is 10.2. The summed E-state index contributed by atoms with van der Waals surface area (Å²) in [5.41, 5.74) is 2.22. The van der Waals surface area contributed by atoms with Crippen molar-refractivity contribution in [3.63, 3.8) is 0 Å². The van der Waals surface area contributed by atoms with Crippen LogP contribution < -0.4 is 10.3 Å². The van der Waals surface area contributed by atoms with Crippen LogP contribution in [0.15, 0.2) is 41.3 Å². The number of aryl methyl sites for hydroxylation is 3. The van der Waals surface area contributed by atoms with Crippen molar-refractivity contribution in [3.8, 4) is 11.5 Å². The van der Waals surface area contributed by atoms with Gasteiger partial charge in [-0.3, -0.25) is 4.79 Å². The minimum Gasteiger partial charge on any atom is -0.452 e. The van der Waals surface area contributed by atoms with Crippen molar-refractivity contribution in [1.29, 1.82) is 0 Å². The lowest BCUT2D eigenvalue weighted by molar-refractivity contribution is 0.469. The van der Waals surface area contributed by atoms with Crippen LogP contribution in [-0.2, 0) is 7.05 Å². The van der Waals surface area contributed by atoms with Crippen LogP contribution in [0.1, 0.15) is 11.1 Å². The summed E-state index contributed by atoms with van der Waals surface area (Å²) in [5.74, 6) is 1.04. The third kappa shape index (κ3) is 2.38. The summed E-state index contributed by atoms with van der Waals surface area (Å²) in [6, 6.07) is 9.25. The molecule has 0 amide bonds. The van der Waals surface area contributed by atoms with Gasteiger partial charge in [-0.1, -0.05) is 6.07 Å². The molecule has 3 nitrogen and oxygen atoms in total. The van der Waals surface area contributed by atoms with Gasteiger partial charge in [-0.2, -0.15) is 0 Å². The zero-order chi connectivity index (χ0) is 12.4. The van der Waals surface area contributed by atoms with Gasteiger partial charge < -0.3 is 9.30 Å². The van der Waals surface area contributed by atoms with E-state index in [0.717, 1.165) is 5.56 Å². The van der Waals surface area contributed by atoms with E-state index < -0.39 is 0 Å². The maximum Gasteiger partial charge on any atom is 0.293 e. The normalized spacial score (nSPS) is 10.3. The predicted octanol–water partition coefficient (Wildman–Crippen LogP) is 2.79. The van der Waals surface area contributed by atoms with Gasteiger partial charge >= 0.3 is 0 Å². The van der Waals surface area contributed by atoms with Gasteiger partial charge in [0.05, 0.1) is 0 Å². The summed E-state index contributed by atoms with van der Waals surface area (Å²) in [5, 5.41) is 0. The van der Waals surface area contributed by atoms with E-state index in [0.29, 0.717) is 11.5 Å². The van der Waals surface area contributed by atoms with Crippen LogP contribution >= 0.6 is 0 Å². The van der Waals surface area contributed by atoms with E-state index in [-0.39, 0.29) is 5.56 Å². The van der Waals surface area contributed by atoms with Crippen molar-refractivity contribution in [3.05, 3.63) is 58.0 Å². The lowest BCUT2D eigenvalue weighted by Gasteiger charge is -2.08. The number of aromatic nitrogens is 1. The van der Waals surface area contributed by atoms with Gasteiger partial charge in [-0.25, -0.2) is 0 Å². The Morgan fingerprint density at radius 1 is 1.12 bits per heavy atom. The van der Waals surface area contributed by atoms with E-state index in [9.17, 15) is 4.79 Å². The van der Waals surface area contributed by atoms with Crippen molar-refractivity contribution >= 4 is 0 Å². The molecule has 17 heavy (non-hydrogen) atoms. The first-order valence-corrected chi connectivity index (χ1v) is 5.48. The minimum atomic E-state index is -0.134. The Labute approximate surface area is 100 Å². The molecule has 0 aliphatic heterocycles. The van der Waals surface area contributed by atoms with Gasteiger partial charge in [0.15, 0.2) is 5.75 Å². The fourth-order valence-corrected chi connectivity index (χ4v) is 1.55. The van der Waals surface area contributed by atoms with Crippen LogP contribution in [0.5, 0.6) is 11.5 Å². The lowest BCUT2D eigenvalue weighted by atomic mass is 10.1. The van der Waals surface area contributed by atoms with Gasteiger partial charge in [0.2, 0.25) is 0 Å². The molecule has 88 valence electrons. The molecule has 0 atom stereocenters. The van der Waals surface area contributed by atoms with Crippen molar-refractivity contribution in [1.82, 2.24) is 4.57 Å². The highest BCUT2D eigenvalue weighted by molar-refractivity contribution is 5.36. The molecule has 1 aromatic carbocycles. The molecule has 2 rings (SSSR count). The first-order chi connectivity index (χ1) is 8.08. The lowest BCUT2D eigenvalue weighted by Crippen LogP contribution is -2.16. The fraction of sp³-hybridized carbons (Fsp3) is 0.214. The maximum atomic E-state index is 11.8. The van der Waals surface area contributed by atoms with Gasteiger partial charge in [0.1, 0.15) is 5.75 Å². The van der Waals surface area contributed by atoms with E-state index in [1.54, 1.807) is 25.4 Å². The van der Waals surface area contributed by atoms with Gasteiger partial charge in [0.25, 0.3) is 5.56 Å². The second-order valence-electron chi connectivity index (χ2n) is 4.14. The fourth-order valence-electron chi connectivity index (χ4n) is 1.55. The first-order valence-electron chi connectivity index (χ1n) is 5.48. The molecule has 3 heteroatoms. The van der Waals surface area contributed by atoms with Gasteiger partial charge in [-0.05, 0) is 49.2 Å². The SMILES string of the molecule is Cc1ccc(Oc2cccn(C)c2=O)cc1C. The number of hydrogen-bond donors (Lipinski definition) is 0. The Hall–Kier alpha value is -2.03. The standard InChI is InChI=1S/C14H15NO2/c1-10-6-7-12(9-11(10)2)17-13-5-4-8-15(3)14(13)16/h4-9H,1-3H3. The molecule has 0 unspecified atom stereocenters. The number of hydrogen-bond acceptors (Lipinski definition) is 2. The molecule has 0 radical (unpaired) electrons. The van der Waals surface area contributed by atoms with Crippen LogP contribution in [0.3, 0.4) is 0 Å². The predicted molar refractivity (Wildman–Crippen MR) is 67.7 cm³/mol. The smallest absolute Gasteiger partial charge is 0.293 e. The highest BCUT2D eigenvalue weighted by Gasteiger charge is 2.04. The van der Waals surface area contributed by atoms with Crippen molar-refractivity contribution in [2.45, 2.75) is 13.8 Å². The maximum absolute atomic E-state index is 11.8. The van der Waals surface area contributed by atoms with E-state index in [4.69, 9.17) is 4.74 Å². The van der Waals surface area contributed by atoms with Crippen molar-refractivity contribution in [2.24, 2.45) is 7.05 Å². The number of ether oxygens (including phenoxy) is 1. The van der Waals surface area contributed by atoms with Crippen molar-refractivity contribution in [2.75, 3.05) is 0 Å². The van der Waals surface area contributed by atoms with E-state index in [1.165, 1.54) is 10.1 Å². The molecule has 1 aromatic heterocycles. The molecular formula is C14H15NO2. The van der Waals surface area contributed by atoms with Crippen LogP contribution in [0.4, 0.5) is 0 Å². The molecule has 1 heterocycles. The third-order valence-electron chi connectivity index (χ3n) is 2.79. The van der Waals surface area contributed by atoms with E-state index in [1.807, 2.05) is 32.0 Å². The Morgan fingerprint density at radius 2 is 1.88 bits per heavy atom. The summed E-state index contributed by atoms with van der Waals surface area (Å²) in [6.07, 6.45) is 1.70. The highest BCUT2D eigenvalue weighted by Crippen LogP contribution is 2.20. The molecule has 0 N–H and O–H groups in total. The minimum absolute atomic E-state index is 0.134. The van der Waals surface area contributed by atoms with E-state index in [2.05, 4.69) is 0 Å². The molecule has 0 fully saturated rings. The second-order valence-corrected chi connectivity index (χ2v) is 4.14.